The predicted molar refractivity (Wildman–Crippen MR) is 117 cm³/mol. The average molecular weight is 418 g/mol. The highest BCUT2D eigenvalue weighted by Crippen LogP contribution is 2.19. The van der Waals surface area contributed by atoms with Gasteiger partial charge < -0.3 is 9.64 Å². The number of hydrogen-bond acceptors (Lipinski definition) is 6. The number of rotatable bonds is 11. The van der Waals surface area contributed by atoms with Crippen molar-refractivity contribution < 1.29 is 14.3 Å². The molecule has 2 rings (SSSR count). The summed E-state index contributed by atoms with van der Waals surface area (Å²) in [5.41, 5.74) is 0.725. The summed E-state index contributed by atoms with van der Waals surface area (Å²) in [4.78, 5) is 41.0. The Morgan fingerprint density at radius 3 is 2.13 bits per heavy atom. The van der Waals surface area contributed by atoms with Gasteiger partial charge in [-0.15, -0.1) is 0 Å². The van der Waals surface area contributed by atoms with Crippen LogP contribution < -0.4 is 4.74 Å². The number of methoxy groups -OCH3 is 1. The Balaban J connectivity index is 2.40. The molecule has 8 heteroatoms. The van der Waals surface area contributed by atoms with Crippen molar-refractivity contribution in [2.75, 3.05) is 20.2 Å². The summed E-state index contributed by atoms with van der Waals surface area (Å²) in [7, 11) is 1.50. The fourth-order valence-corrected chi connectivity index (χ4v) is 3.00. The van der Waals surface area contributed by atoms with Crippen molar-refractivity contribution >= 4 is 23.0 Å². The molecule has 0 aliphatic carbocycles. The van der Waals surface area contributed by atoms with Crippen molar-refractivity contribution in [3.05, 3.63) is 12.0 Å². The zero-order chi connectivity index (χ0) is 22.4. The molecule has 0 saturated heterocycles. The fraction of sp³-hybridized carbons (Fsp3) is 0.682. The Kier molecular flexibility index (Phi) is 8.32. The number of carbonyl (C=O) groups is 2. The summed E-state index contributed by atoms with van der Waals surface area (Å²) in [5.74, 6) is 1.10. The third-order valence-corrected chi connectivity index (χ3v) is 4.99. The van der Waals surface area contributed by atoms with Crippen LogP contribution in [0.3, 0.4) is 0 Å². The van der Waals surface area contributed by atoms with Gasteiger partial charge >= 0.3 is 0 Å². The quantitative estimate of drug-likeness (QED) is 0.519. The number of amides is 1. The molecule has 0 N–H and O–H groups in total. The van der Waals surface area contributed by atoms with Gasteiger partial charge in [-0.25, -0.2) is 9.97 Å². The van der Waals surface area contributed by atoms with Crippen molar-refractivity contribution in [2.45, 2.75) is 60.9 Å². The van der Waals surface area contributed by atoms with E-state index in [0.717, 1.165) is 12.8 Å². The summed E-state index contributed by atoms with van der Waals surface area (Å²) in [5, 5.41) is 0. The van der Waals surface area contributed by atoms with Crippen molar-refractivity contribution in [1.82, 2.24) is 24.4 Å². The molecule has 0 atom stereocenters. The van der Waals surface area contributed by atoms with E-state index >= 15 is 0 Å². The summed E-state index contributed by atoms with van der Waals surface area (Å²) in [6.07, 6.45) is 3.32. The molecule has 0 spiro atoms. The first kappa shape index (κ1) is 23.8. The van der Waals surface area contributed by atoms with Crippen LogP contribution in [0, 0.1) is 17.8 Å². The van der Waals surface area contributed by atoms with E-state index in [-0.39, 0.29) is 30.0 Å². The van der Waals surface area contributed by atoms with Crippen molar-refractivity contribution in [3.63, 3.8) is 0 Å². The topological polar surface area (TPSA) is 90.2 Å². The molecule has 0 saturated carbocycles. The van der Waals surface area contributed by atoms with Crippen LogP contribution in [-0.2, 0) is 11.3 Å². The number of hydrogen-bond donors (Lipinski definition) is 0. The van der Waals surface area contributed by atoms with Gasteiger partial charge in [-0.3, -0.25) is 14.2 Å². The van der Waals surface area contributed by atoms with E-state index in [4.69, 9.17) is 4.74 Å². The van der Waals surface area contributed by atoms with E-state index in [1.54, 1.807) is 4.57 Å². The minimum Gasteiger partial charge on any atom is -0.480 e. The molecule has 0 aliphatic heterocycles. The maximum absolute atomic E-state index is 13.3. The second-order valence-corrected chi connectivity index (χ2v) is 8.85. The van der Waals surface area contributed by atoms with E-state index < -0.39 is 0 Å². The van der Waals surface area contributed by atoms with Crippen LogP contribution in [0.5, 0.6) is 5.88 Å². The van der Waals surface area contributed by atoms with Crippen LogP contribution in [0.1, 0.15) is 65.0 Å². The minimum atomic E-state index is -0.254. The number of aromatic nitrogens is 4. The highest BCUT2D eigenvalue weighted by atomic mass is 16.5. The van der Waals surface area contributed by atoms with Gasteiger partial charge in [-0.2, -0.15) is 4.98 Å². The summed E-state index contributed by atoms with van der Waals surface area (Å²) in [6, 6.07) is 0. The lowest BCUT2D eigenvalue weighted by molar-refractivity contribution is -0.132. The molecule has 2 aromatic heterocycles. The Morgan fingerprint density at radius 2 is 1.63 bits per heavy atom. The van der Waals surface area contributed by atoms with Crippen molar-refractivity contribution in [2.24, 2.45) is 17.8 Å². The molecule has 2 heterocycles. The third-order valence-electron chi connectivity index (χ3n) is 4.99. The zero-order valence-corrected chi connectivity index (χ0v) is 19.3. The van der Waals surface area contributed by atoms with Crippen LogP contribution >= 0.6 is 0 Å². The third kappa shape index (κ3) is 6.00. The normalized spacial score (nSPS) is 11.7. The number of ketones is 1. The van der Waals surface area contributed by atoms with Gasteiger partial charge in [0.05, 0.1) is 13.3 Å². The van der Waals surface area contributed by atoms with E-state index in [1.165, 1.54) is 13.3 Å². The lowest BCUT2D eigenvalue weighted by Crippen LogP contribution is -2.37. The first-order valence-corrected chi connectivity index (χ1v) is 10.7. The van der Waals surface area contributed by atoms with Crippen LogP contribution in [0.2, 0.25) is 0 Å². The minimum absolute atomic E-state index is 0.00231. The van der Waals surface area contributed by atoms with Crippen LogP contribution in [0.25, 0.3) is 11.3 Å². The van der Waals surface area contributed by atoms with E-state index in [0.29, 0.717) is 42.1 Å². The van der Waals surface area contributed by atoms with E-state index in [2.05, 4.69) is 42.6 Å². The molecule has 0 aromatic carbocycles. The number of fused-ring (bicyclic) bond motifs is 1. The number of ether oxygens (including phenoxy) is 1. The number of nitrogens with zero attached hydrogens (tertiary/aromatic N) is 5. The van der Waals surface area contributed by atoms with Gasteiger partial charge in [-0.05, 0) is 24.7 Å². The Morgan fingerprint density at radius 1 is 1.03 bits per heavy atom. The van der Waals surface area contributed by atoms with Gasteiger partial charge in [0.15, 0.2) is 17.1 Å². The molecule has 30 heavy (non-hydrogen) atoms. The van der Waals surface area contributed by atoms with Gasteiger partial charge in [0.25, 0.3) is 0 Å². The van der Waals surface area contributed by atoms with Gasteiger partial charge in [0.1, 0.15) is 6.54 Å². The van der Waals surface area contributed by atoms with Gasteiger partial charge in [-0.1, -0.05) is 41.5 Å². The monoisotopic (exact) mass is 417 g/mol. The molecule has 2 aromatic rings. The Labute approximate surface area is 179 Å². The molecule has 166 valence electrons. The molecule has 0 fully saturated rings. The Bertz CT molecular complexity index is 861. The Hall–Kier alpha value is -2.51. The predicted octanol–water partition coefficient (Wildman–Crippen LogP) is 3.59. The lowest BCUT2D eigenvalue weighted by Gasteiger charge is -2.25. The van der Waals surface area contributed by atoms with E-state index in [1.807, 2.05) is 18.7 Å². The molecular formula is C22H35N5O3. The second kappa shape index (κ2) is 10.5. The molecule has 0 radical (unpaired) electrons. The molecule has 0 unspecified atom stereocenters. The van der Waals surface area contributed by atoms with Gasteiger partial charge in [0.2, 0.25) is 17.6 Å². The maximum Gasteiger partial charge on any atom is 0.242 e. The number of carbonyl (C=O) groups excluding carboxylic acids is 2. The van der Waals surface area contributed by atoms with Crippen LogP contribution in [-0.4, -0.2) is 56.3 Å². The highest BCUT2D eigenvalue weighted by Gasteiger charge is 2.25. The summed E-state index contributed by atoms with van der Waals surface area (Å²) < 4.78 is 6.77. The van der Waals surface area contributed by atoms with E-state index in [9.17, 15) is 9.59 Å². The first-order chi connectivity index (χ1) is 14.1. The molecule has 1 amide bonds. The smallest absolute Gasteiger partial charge is 0.242 e. The van der Waals surface area contributed by atoms with Crippen LogP contribution in [0.4, 0.5) is 0 Å². The summed E-state index contributed by atoms with van der Waals surface area (Å²) in [6.45, 7) is 13.6. The molecule has 0 aliphatic rings. The number of Topliss-reactive ketones (excluding diaryl/α,β-unsaturated/α-hetero) is 1. The highest BCUT2D eigenvalue weighted by molar-refractivity contribution is 5.97. The molecule has 0 bridgehead atoms. The zero-order valence-electron chi connectivity index (χ0n) is 19.3. The SMILES string of the molecule is COc1cnc2nc(C(=O)C(C)C)n(CC(=O)N(CCC(C)C)CCC(C)C)c2n1. The van der Waals surface area contributed by atoms with Crippen LogP contribution in [0.15, 0.2) is 6.20 Å². The van der Waals surface area contributed by atoms with Crippen molar-refractivity contribution in [3.8, 4) is 5.88 Å². The largest absolute Gasteiger partial charge is 0.480 e. The molecular weight excluding hydrogens is 382 g/mol. The first-order valence-electron chi connectivity index (χ1n) is 10.7. The molecule has 8 nitrogen and oxygen atoms in total. The summed E-state index contributed by atoms with van der Waals surface area (Å²) >= 11 is 0. The standard InChI is InChI=1S/C22H35N5O3/c1-14(2)8-10-26(11-9-15(3)4)18(28)13-27-21(19(29)16(5)6)25-20-22(27)24-17(30-7)12-23-20/h12,14-16H,8-11,13H2,1-7H3. The van der Waals surface area contributed by atoms with Gasteiger partial charge in [0, 0.05) is 19.0 Å². The lowest BCUT2D eigenvalue weighted by atomic mass is 10.1. The fourth-order valence-electron chi connectivity index (χ4n) is 3.00. The number of imidazole rings is 1. The maximum atomic E-state index is 13.3. The average Bonchev–Trinajstić information content (AvgIpc) is 3.04. The van der Waals surface area contributed by atoms with Crippen molar-refractivity contribution in [1.29, 1.82) is 0 Å². The second-order valence-electron chi connectivity index (χ2n) is 8.85.